The van der Waals surface area contributed by atoms with Crippen LogP contribution in [0.2, 0.25) is 0 Å². The van der Waals surface area contributed by atoms with E-state index in [4.69, 9.17) is 4.74 Å². The van der Waals surface area contributed by atoms with Gasteiger partial charge in [0.1, 0.15) is 29.0 Å². The normalized spacial score (nSPS) is 10.8. The third kappa shape index (κ3) is 3.63. The van der Waals surface area contributed by atoms with E-state index in [1.807, 2.05) is 13.0 Å². The summed E-state index contributed by atoms with van der Waals surface area (Å²) in [5.41, 5.74) is 1.59. The lowest BCUT2D eigenvalue weighted by atomic mass is 10.2. The summed E-state index contributed by atoms with van der Waals surface area (Å²) in [6.45, 7) is 3.62. The van der Waals surface area contributed by atoms with E-state index < -0.39 is 11.7 Å². The van der Waals surface area contributed by atoms with Gasteiger partial charge in [0.25, 0.3) is 5.91 Å². The highest BCUT2D eigenvalue weighted by molar-refractivity contribution is 6.08. The maximum Gasteiger partial charge on any atom is 0.260 e. The average molecular weight is 378 g/mol. The van der Waals surface area contributed by atoms with E-state index in [1.54, 1.807) is 25.4 Å². The zero-order valence-corrected chi connectivity index (χ0v) is 15.0. The lowest BCUT2D eigenvalue weighted by molar-refractivity contribution is 0.102. The highest BCUT2D eigenvalue weighted by atomic mass is 19.1. The van der Waals surface area contributed by atoms with Gasteiger partial charge in [-0.2, -0.15) is 5.10 Å². The van der Waals surface area contributed by atoms with Gasteiger partial charge in [-0.3, -0.25) is 9.78 Å². The van der Waals surface area contributed by atoms with Crippen molar-refractivity contribution in [3.8, 4) is 11.5 Å². The number of anilines is 1. The average Bonchev–Trinajstić information content (AvgIpc) is 3.03. The molecule has 0 spiro atoms. The van der Waals surface area contributed by atoms with Crippen molar-refractivity contribution in [3.63, 3.8) is 0 Å². The molecule has 8 nitrogen and oxygen atoms in total. The Bertz CT molecular complexity index is 1170. The summed E-state index contributed by atoms with van der Waals surface area (Å²) >= 11 is 0. The Morgan fingerprint density at radius 1 is 1.14 bits per heavy atom. The first-order chi connectivity index (χ1) is 13.5. The predicted molar refractivity (Wildman–Crippen MR) is 98.9 cm³/mol. The number of pyridine rings is 3. The molecule has 0 aliphatic rings. The van der Waals surface area contributed by atoms with Crippen molar-refractivity contribution in [1.29, 1.82) is 0 Å². The van der Waals surface area contributed by atoms with Gasteiger partial charge >= 0.3 is 0 Å². The molecule has 1 N–H and O–H groups in total. The number of carbonyl (C=O) groups excluding carboxylic acids is 1. The molecular weight excluding hydrogens is 363 g/mol. The van der Waals surface area contributed by atoms with Crippen LogP contribution in [0.25, 0.3) is 5.65 Å². The summed E-state index contributed by atoms with van der Waals surface area (Å²) in [6, 6.07) is 6.26. The fourth-order valence-corrected chi connectivity index (χ4v) is 2.60. The van der Waals surface area contributed by atoms with Crippen LogP contribution in [0.1, 0.15) is 21.7 Å². The lowest BCUT2D eigenvalue weighted by Crippen LogP contribution is -2.14. The monoisotopic (exact) mass is 378 g/mol. The summed E-state index contributed by atoms with van der Waals surface area (Å²) in [5.74, 6) is 0.433. The van der Waals surface area contributed by atoms with Crippen LogP contribution in [0, 0.1) is 19.7 Å². The molecule has 0 saturated carbocycles. The van der Waals surface area contributed by atoms with Crippen molar-refractivity contribution in [2.24, 2.45) is 0 Å². The molecule has 4 heterocycles. The van der Waals surface area contributed by atoms with Gasteiger partial charge < -0.3 is 10.1 Å². The fourth-order valence-electron chi connectivity index (χ4n) is 2.60. The molecule has 0 aromatic carbocycles. The van der Waals surface area contributed by atoms with Crippen LogP contribution in [-0.2, 0) is 0 Å². The van der Waals surface area contributed by atoms with Gasteiger partial charge in [0.15, 0.2) is 5.65 Å². The molecule has 4 aromatic heterocycles. The summed E-state index contributed by atoms with van der Waals surface area (Å²) in [4.78, 5) is 25.0. The zero-order chi connectivity index (χ0) is 19.7. The van der Waals surface area contributed by atoms with Crippen LogP contribution in [0.5, 0.6) is 11.5 Å². The standard InChI is InChI=1S/C19H15FN6O2/c1-11-3-4-17(22-7-11)24-19(27)16-6-15(10-26-18(16)23-12(2)25-26)28-14-5-13(20)8-21-9-14/h3-10H,1-2H3,(H,22,24,27). The highest BCUT2D eigenvalue weighted by Crippen LogP contribution is 2.24. The first kappa shape index (κ1) is 17.5. The Hall–Kier alpha value is -3.88. The van der Waals surface area contributed by atoms with E-state index >= 15 is 0 Å². The van der Waals surface area contributed by atoms with Gasteiger partial charge in [-0.25, -0.2) is 18.9 Å². The topological polar surface area (TPSA) is 94.3 Å². The Morgan fingerprint density at radius 3 is 2.75 bits per heavy atom. The number of ether oxygens (including phenoxy) is 1. The Balaban J connectivity index is 1.71. The molecule has 0 fully saturated rings. The van der Waals surface area contributed by atoms with Crippen LogP contribution < -0.4 is 10.1 Å². The van der Waals surface area contributed by atoms with Crippen molar-refractivity contribution in [1.82, 2.24) is 24.6 Å². The summed E-state index contributed by atoms with van der Waals surface area (Å²) in [6.07, 6.45) is 5.66. The minimum atomic E-state index is -0.529. The minimum absolute atomic E-state index is 0.197. The smallest absolute Gasteiger partial charge is 0.260 e. The van der Waals surface area contributed by atoms with E-state index in [9.17, 15) is 9.18 Å². The van der Waals surface area contributed by atoms with Crippen molar-refractivity contribution in [2.45, 2.75) is 13.8 Å². The third-order valence-electron chi connectivity index (χ3n) is 3.83. The first-order valence-electron chi connectivity index (χ1n) is 8.37. The first-order valence-corrected chi connectivity index (χ1v) is 8.37. The van der Waals surface area contributed by atoms with Gasteiger partial charge in [-0.1, -0.05) is 6.07 Å². The van der Waals surface area contributed by atoms with Crippen molar-refractivity contribution >= 4 is 17.4 Å². The van der Waals surface area contributed by atoms with Crippen LogP contribution in [0.3, 0.4) is 0 Å². The van der Waals surface area contributed by atoms with E-state index in [-0.39, 0.29) is 17.1 Å². The molecular formula is C19H15FN6O2. The number of amides is 1. The minimum Gasteiger partial charge on any atom is -0.454 e. The molecule has 0 unspecified atom stereocenters. The lowest BCUT2D eigenvalue weighted by Gasteiger charge is -2.09. The molecule has 28 heavy (non-hydrogen) atoms. The number of hydrogen-bond acceptors (Lipinski definition) is 6. The number of halogens is 1. The maximum atomic E-state index is 13.4. The largest absolute Gasteiger partial charge is 0.454 e. The summed E-state index contributed by atoms with van der Waals surface area (Å²) in [5, 5.41) is 6.96. The second-order valence-corrected chi connectivity index (χ2v) is 6.13. The second-order valence-electron chi connectivity index (χ2n) is 6.13. The molecule has 1 amide bonds. The summed E-state index contributed by atoms with van der Waals surface area (Å²) in [7, 11) is 0. The molecule has 0 atom stereocenters. The van der Waals surface area contributed by atoms with Crippen molar-refractivity contribution < 1.29 is 13.9 Å². The van der Waals surface area contributed by atoms with Crippen molar-refractivity contribution in [2.75, 3.05) is 5.32 Å². The number of fused-ring (bicyclic) bond motifs is 1. The number of aryl methyl sites for hydroxylation is 2. The van der Waals surface area contributed by atoms with E-state index in [0.29, 0.717) is 17.3 Å². The Labute approximate surface area is 159 Å². The second kappa shape index (κ2) is 7.03. The molecule has 4 aromatic rings. The SMILES string of the molecule is Cc1ccc(NC(=O)c2cc(Oc3cncc(F)c3)cn3nc(C)nc23)nc1. The van der Waals surface area contributed by atoms with E-state index in [0.717, 1.165) is 11.8 Å². The van der Waals surface area contributed by atoms with Gasteiger partial charge in [-0.15, -0.1) is 0 Å². The molecule has 4 rings (SSSR count). The van der Waals surface area contributed by atoms with Gasteiger partial charge in [0.2, 0.25) is 0 Å². The Kier molecular flexibility index (Phi) is 4.40. The fraction of sp³-hybridized carbons (Fsp3) is 0.105. The van der Waals surface area contributed by atoms with Gasteiger partial charge in [0, 0.05) is 12.3 Å². The number of rotatable bonds is 4. The maximum absolute atomic E-state index is 13.4. The number of aromatic nitrogens is 5. The quantitative estimate of drug-likeness (QED) is 0.585. The van der Waals surface area contributed by atoms with Crippen LogP contribution in [0.4, 0.5) is 10.2 Å². The van der Waals surface area contributed by atoms with Gasteiger partial charge in [-0.05, 0) is 31.5 Å². The third-order valence-corrected chi connectivity index (χ3v) is 3.83. The molecule has 0 aliphatic carbocycles. The molecule has 0 bridgehead atoms. The molecule has 0 radical (unpaired) electrons. The zero-order valence-electron chi connectivity index (χ0n) is 15.0. The van der Waals surface area contributed by atoms with Crippen molar-refractivity contribution in [3.05, 3.63) is 71.8 Å². The molecule has 140 valence electrons. The number of carbonyl (C=O) groups is 1. The number of hydrogen-bond donors (Lipinski definition) is 1. The molecule has 0 aliphatic heterocycles. The molecule has 0 saturated heterocycles. The van der Waals surface area contributed by atoms with E-state index in [2.05, 4.69) is 25.4 Å². The molecule has 9 heteroatoms. The van der Waals surface area contributed by atoms with Gasteiger partial charge in [0.05, 0.1) is 24.2 Å². The summed E-state index contributed by atoms with van der Waals surface area (Å²) < 4.78 is 20.4. The van der Waals surface area contributed by atoms with Crippen LogP contribution in [-0.4, -0.2) is 30.5 Å². The number of nitrogens with one attached hydrogen (secondary N) is 1. The van der Waals surface area contributed by atoms with Crippen LogP contribution >= 0.6 is 0 Å². The van der Waals surface area contributed by atoms with Crippen LogP contribution in [0.15, 0.2) is 49.1 Å². The Morgan fingerprint density at radius 2 is 2.00 bits per heavy atom. The number of nitrogens with zero attached hydrogens (tertiary/aromatic N) is 5. The highest BCUT2D eigenvalue weighted by Gasteiger charge is 2.17. The van der Waals surface area contributed by atoms with E-state index in [1.165, 1.54) is 22.8 Å². The predicted octanol–water partition coefficient (Wildman–Crippen LogP) is 3.32.